The van der Waals surface area contributed by atoms with Gasteiger partial charge in [-0.15, -0.1) is 0 Å². The average molecular weight is 422 g/mol. The maximum atomic E-state index is 12.7. The number of benzene rings is 2. The van der Waals surface area contributed by atoms with Crippen molar-refractivity contribution in [3.8, 4) is 0 Å². The molecule has 0 bridgehead atoms. The van der Waals surface area contributed by atoms with Crippen LogP contribution in [0.3, 0.4) is 0 Å². The van der Waals surface area contributed by atoms with E-state index in [1.165, 1.54) is 13.0 Å². The highest BCUT2D eigenvalue weighted by Gasteiger charge is 2.30. The summed E-state index contributed by atoms with van der Waals surface area (Å²) in [6, 6.07) is 9.16. The maximum absolute atomic E-state index is 12.7. The Morgan fingerprint density at radius 1 is 1.03 bits per heavy atom. The van der Waals surface area contributed by atoms with Gasteiger partial charge in [0, 0.05) is 11.3 Å². The Labute approximate surface area is 171 Å². The summed E-state index contributed by atoms with van der Waals surface area (Å²) >= 11 is 0. The van der Waals surface area contributed by atoms with Crippen LogP contribution >= 0.6 is 0 Å². The number of ether oxygens (including phenoxy) is 1. The van der Waals surface area contributed by atoms with E-state index < -0.39 is 42.2 Å². The van der Waals surface area contributed by atoms with Crippen LogP contribution in [0, 0.1) is 13.8 Å². The number of anilines is 1. The van der Waals surface area contributed by atoms with Gasteiger partial charge in [-0.1, -0.05) is 12.1 Å². The third kappa shape index (κ3) is 6.33. The van der Waals surface area contributed by atoms with Crippen LogP contribution in [-0.4, -0.2) is 30.4 Å². The summed E-state index contributed by atoms with van der Waals surface area (Å²) in [6.07, 6.45) is -5.82. The van der Waals surface area contributed by atoms with Gasteiger partial charge in [-0.2, -0.15) is 13.2 Å². The van der Waals surface area contributed by atoms with Gasteiger partial charge in [-0.3, -0.25) is 14.4 Å². The van der Waals surface area contributed by atoms with Crippen LogP contribution in [0.1, 0.15) is 34.0 Å². The number of halogens is 3. The first-order valence-electron chi connectivity index (χ1n) is 9.00. The monoisotopic (exact) mass is 422 g/mol. The Hall–Kier alpha value is -3.36. The first-order valence-corrected chi connectivity index (χ1v) is 9.00. The number of nitrogens with one attached hydrogen (secondary N) is 2. The zero-order valence-electron chi connectivity index (χ0n) is 16.6. The van der Waals surface area contributed by atoms with Crippen molar-refractivity contribution in [2.75, 3.05) is 11.9 Å². The molecule has 9 heteroatoms. The Morgan fingerprint density at radius 2 is 1.73 bits per heavy atom. The van der Waals surface area contributed by atoms with E-state index in [2.05, 4.69) is 10.6 Å². The number of hydrogen-bond acceptors (Lipinski definition) is 4. The van der Waals surface area contributed by atoms with Gasteiger partial charge < -0.3 is 15.4 Å². The molecule has 0 heterocycles. The van der Waals surface area contributed by atoms with Crippen molar-refractivity contribution in [2.24, 2.45) is 0 Å². The number of alkyl halides is 3. The van der Waals surface area contributed by atoms with Crippen LogP contribution in [0.5, 0.6) is 0 Å². The Kier molecular flexibility index (Phi) is 7.20. The second kappa shape index (κ2) is 9.43. The zero-order chi connectivity index (χ0) is 22.5. The van der Waals surface area contributed by atoms with Crippen molar-refractivity contribution in [3.63, 3.8) is 0 Å². The molecule has 2 rings (SSSR count). The lowest BCUT2D eigenvalue weighted by Crippen LogP contribution is -2.35. The van der Waals surface area contributed by atoms with E-state index in [-0.39, 0.29) is 5.69 Å². The SMILES string of the molecule is Cc1ccc(C(=O)NCC(=O)O[C@@H](C)C(=O)Nc2cccc(C(F)(F)F)c2)cc1C. The molecule has 0 aliphatic carbocycles. The Morgan fingerprint density at radius 3 is 2.37 bits per heavy atom. The quantitative estimate of drug-likeness (QED) is 0.697. The number of amides is 2. The van der Waals surface area contributed by atoms with Crippen molar-refractivity contribution in [3.05, 3.63) is 64.7 Å². The molecule has 6 nitrogen and oxygen atoms in total. The molecule has 30 heavy (non-hydrogen) atoms. The smallest absolute Gasteiger partial charge is 0.416 e. The highest BCUT2D eigenvalue weighted by molar-refractivity contribution is 5.97. The topological polar surface area (TPSA) is 84.5 Å². The highest BCUT2D eigenvalue weighted by atomic mass is 19.4. The van der Waals surface area contributed by atoms with Crippen LogP contribution in [0.4, 0.5) is 18.9 Å². The van der Waals surface area contributed by atoms with Gasteiger partial charge >= 0.3 is 12.1 Å². The molecule has 0 aromatic heterocycles. The molecule has 0 saturated carbocycles. The fourth-order valence-electron chi connectivity index (χ4n) is 2.45. The normalized spacial score (nSPS) is 12.1. The highest BCUT2D eigenvalue weighted by Crippen LogP contribution is 2.30. The first kappa shape index (κ1) is 22.9. The molecule has 0 unspecified atom stereocenters. The minimum atomic E-state index is -4.55. The number of carbonyl (C=O) groups excluding carboxylic acids is 3. The fraction of sp³-hybridized carbons (Fsp3) is 0.286. The van der Waals surface area contributed by atoms with Crippen molar-refractivity contribution < 1.29 is 32.3 Å². The summed E-state index contributed by atoms with van der Waals surface area (Å²) in [5.74, 6) is -2.14. The van der Waals surface area contributed by atoms with Crippen molar-refractivity contribution in [2.45, 2.75) is 33.1 Å². The second-order valence-electron chi connectivity index (χ2n) is 6.68. The van der Waals surface area contributed by atoms with Crippen molar-refractivity contribution in [1.82, 2.24) is 5.32 Å². The van der Waals surface area contributed by atoms with Gasteiger partial charge in [0.25, 0.3) is 11.8 Å². The third-order valence-electron chi connectivity index (χ3n) is 4.30. The number of aryl methyl sites for hydroxylation is 2. The predicted molar refractivity (Wildman–Crippen MR) is 104 cm³/mol. The summed E-state index contributed by atoms with van der Waals surface area (Å²) in [5.41, 5.74) is 1.32. The molecular weight excluding hydrogens is 401 g/mol. The van der Waals surface area contributed by atoms with E-state index in [1.54, 1.807) is 18.2 Å². The lowest BCUT2D eigenvalue weighted by molar-refractivity contribution is -0.152. The van der Waals surface area contributed by atoms with Crippen LogP contribution in [0.2, 0.25) is 0 Å². The molecule has 1 atom stereocenters. The number of hydrogen-bond donors (Lipinski definition) is 2. The lowest BCUT2D eigenvalue weighted by atomic mass is 10.1. The van der Waals surface area contributed by atoms with E-state index in [4.69, 9.17) is 4.74 Å². The van der Waals surface area contributed by atoms with Gasteiger partial charge in [0.1, 0.15) is 6.54 Å². The minimum Gasteiger partial charge on any atom is -0.451 e. The van der Waals surface area contributed by atoms with Crippen molar-refractivity contribution in [1.29, 1.82) is 0 Å². The molecule has 160 valence electrons. The van der Waals surface area contributed by atoms with Crippen LogP contribution in [-0.2, 0) is 20.5 Å². The molecule has 0 aliphatic rings. The molecule has 0 radical (unpaired) electrons. The molecular formula is C21H21F3N2O4. The minimum absolute atomic E-state index is 0.0826. The van der Waals surface area contributed by atoms with Crippen LogP contribution < -0.4 is 10.6 Å². The molecule has 2 N–H and O–H groups in total. The van der Waals surface area contributed by atoms with Gasteiger partial charge in [0.2, 0.25) is 0 Å². The lowest BCUT2D eigenvalue weighted by Gasteiger charge is -2.15. The second-order valence-corrected chi connectivity index (χ2v) is 6.68. The average Bonchev–Trinajstić information content (AvgIpc) is 2.67. The summed E-state index contributed by atoms with van der Waals surface area (Å²) in [6.45, 7) is 4.56. The largest absolute Gasteiger partial charge is 0.451 e. The van der Waals surface area contributed by atoms with Gasteiger partial charge in [0.05, 0.1) is 5.56 Å². The summed E-state index contributed by atoms with van der Waals surface area (Å²) in [4.78, 5) is 36.1. The number of esters is 1. The van der Waals surface area contributed by atoms with E-state index in [1.807, 2.05) is 13.8 Å². The maximum Gasteiger partial charge on any atom is 0.416 e. The summed E-state index contributed by atoms with van der Waals surface area (Å²) in [5, 5.41) is 4.65. The Balaban J connectivity index is 1.87. The van der Waals surface area contributed by atoms with E-state index in [0.717, 1.165) is 29.3 Å². The van der Waals surface area contributed by atoms with E-state index in [0.29, 0.717) is 5.56 Å². The van der Waals surface area contributed by atoms with Gasteiger partial charge in [-0.25, -0.2) is 0 Å². The standard InChI is InChI=1S/C21H21F3N2O4/c1-12-7-8-15(9-13(12)2)20(29)25-11-18(27)30-14(3)19(28)26-17-6-4-5-16(10-17)21(22,23)24/h4-10,14H,11H2,1-3H3,(H,25,29)(H,26,28)/t14-/m0/s1. The summed E-state index contributed by atoms with van der Waals surface area (Å²) in [7, 11) is 0. The number of carbonyl (C=O) groups is 3. The van der Waals surface area contributed by atoms with Gasteiger partial charge in [-0.05, 0) is 62.2 Å². The molecule has 0 spiro atoms. The summed E-state index contributed by atoms with van der Waals surface area (Å²) < 4.78 is 43.1. The number of rotatable bonds is 6. The Bertz CT molecular complexity index is 958. The van der Waals surface area contributed by atoms with Crippen LogP contribution in [0.25, 0.3) is 0 Å². The molecule has 2 aromatic carbocycles. The van der Waals surface area contributed by atoms with E-state index in [9.17, 15) is 27.6 Å². The molecule has 2 aromatic rings. The molecule has 2 amide bonds. The fourth-order valence-corrected chi connectivity index (χ4v) is 2.45. The third-order valence-corrected chi connectivity index (χ3v) is 4.30. The molecule has 0 fully saturated rings. The molecule has 0 saturated heterocycles. The zero-order valence-corrected chi connectivity index (χ0v) is 16.6. The molecule has 0 aliphatic heterocycles. The predicted octanol–water partition coefficient (Wildman–Crippen LogP) is 3.62. The van der Waals surface area contributed by atoms with Crippen molar-refractivity contribution >= 4 is 23.5 Å². The van der Waals surface area contributed by atoms with Crippen LogP contribution in [0.15, 0.2) is 42.5 Å². The van der Waals surface area contributed by atoms with Gasteiger partial charge in [0.15, 0.2) is 6.10 Å². The first-order chi connectivity index (χ1) is 14.0. The van der Waals surface area contributed by atoms with E-state index >= 15 is 0 Å².